The number of carbonyl (C=O) groups is 1. The van der Waals surface area contributed by atoms with E-state index in [-0.39, 0.29) is 11.7 Å². The maximum Gasteiger partial charge on any atom is 0.171 e. The van der Waals surface area contributed by atoms with Crippen LogP contribution in [-0.2, 0) is 0 Å². The van der Waals surface area contributed by atoms with Crippen LogP contribution >= 0.6 is 0 Å². The summed E-state index contributed by atoms with van der Waals surface area (Å²) in [6.07, 6.45) is 1.25. The monoisotopic (exact) mass is 265 g/mol. The van der Waals surface area contributed by atoms with Gasteiger partial charge >= 0.3 is 0 Å². The fourth-order valence-corrected chi connectivity index (χ4v) is 2.65. The van der Waals surface area contributed by atoms with Crippen molar-refractivity contribution in [1.29, 1.82) is 0 Å². The molecule has 1 atom stereocenters. The molecule has 0 saturated carbocycles. The largest absolute Gasteiger partial charge is 0.302 e. The maximum absolute atomic E-state index is 12.8. The number of carbonyl (C=O) groups excluding carboxylic acids is 1. The second kappa shape index (κ2) is 6.02. The van der Waals surface area contributed by atoms with Crippen molar-refractivity contribution in [3.05, 3.63) is 71.8 Å². The van der Waals surface area contributed by atoms with Crippen molar-refractivity contribution in [3.63, 3.8) is 0 Å². The number of likely N-dealkylation sites (tertiary alicyclic amines) is 1. The molecule has 3 rings (SSSR count). The molecule has 2 aromatic carbocycles. The molecule has 1 aliphatic rings. The molecule has 0 aromatic heterocycles. The lowest BCUT2D eigenvalue weighted by Gasteiger charge is -2.33. The van der Waals surface area contributed by atoms with Gasteiger partial charge in [0.05, 0.1) is 5.92 Å². The first-order chi connectivity index (χ1) is 9.84. The number of hydrogen-bond acceptors (Lipinski definition) is 2. The van der Waals surface area contributed by atoms with E-state index in [0.29, 0.717) is 0 Å². The van der Waals surface area contributed by atoms with Crippen molar-refractivity contribution in [2.24, 2.45) is 0 Å². The number of ketones is 1. The first-order valence-corrected chi connectivity index (χ1v) is 7.21. The third-order valence-corrected chi connectivity index (χ3v) is 3.97. The fourth-order valence-electron chi connectivity index (χ4n) is 2.65. The molecule has 20 heavy (non-hydrogen) atoms. The molecule has 0 unspecified atom stereocenters. The van der Waals surface area contributed by atoms with Gasteiger partial charge in [-0.1, -0.05) is 60.7 Å². The number of rotatable bonds is 5. The zero-order valence-corrected chi connectivity index (χ0v) is 11.5. The van der Waals surface area contributed by atoms with Crippen LogP contribution in [0.5, 0.6) is 0 Å². The topological polar surface area (TPSA) is 20.3 Å². The molecule has 1 heterocycles. The summed E-state index contributed by atoms with van der Waals surface area (Å²) in [6.45, 7) is 3.06. The molecule has 0 bridgehead atoms. The Hall–Kier alpha value is -1.93. The molecule has 0 amide bonds. The van der Waals surface area contributed by atoms with Gasteiger partial charge < -0.3 is 4.90 Å². The molecule has 2 aromatic rings. The van der Waals surface area contributed by atoms with Crippen molar-refractivity contribution in [3.8, 4) is 0 Å². The quantitative estimate of drug-likeness (QED) is 0.773. The highest BCUT2D eigenvalue weighted by atomic mass is 16.1. The normalized spacial score (nSPS) is 16.4. The van der Waals surface area contributed by atoms with E-state index in [2.05, 4.69) is 17.0 Å². The average Bonchev–Trinajstić information content (AvgIpc) is 2.47. The Morgan fingerprint density at radius 3 is 2.10 bits per heavy atom. The summed E-state index contributed by atoms with van der Waals surface area (Å²) in [7, 11) is 0. The molecule has 1 fully saturated rings. The van der Waals surface area contributed by atoms with Crippen molar-refractivity contribution in [2.45, 2.75) is 12.3 Å². The third-order valence-electron chi connectivity index (χ3n) is 3.97. The van der Waals surface area contributed by atoms with Gasteiger partial charge in [-0.25, -0.2) is 0 Å². The van der Waals surface area contributed by atoms with E-state index in [1.54, 1.807) is 0 Å². The van der Waals surface area contributed by atoms with E-state index >= 15 is 0 Å². The van der Waals surface area contributed by atoms with Gasteiger partial charge in [-0.05, 0) is 25.1 Å². The van der Waals surface area contributed by atoms with E-state index < -0.39 is 0 Å². The zero-order chi connectivity index (χ0) is 13.8. The lowest BCUT2D eigenvalue weighted by Crippen LogP contribution is -2.41. The van der Waals surface area contributed by atoms with Crippen LogP contribution in [0.15, 0.2) is 60.7 Å². The third kappa shape index (κ3) is 2.81. The molecular formula is C18H19NO. The summed E-state index contributed by atoms with van der Waals surface area (Å²) in [5.41, 5.74) is 1.93. The fraction of sp³-hybridized carbons (Fsp3) is 0.278. The molecule has 0 radical (unpaired) electrons. The van der Waals surface area contributed by atoms with E-state index in [1.807, 2.05) is 48.5 Å². The molecule has 0 N–H and O–H groups in total. The van der Waals surface area contributed by atoms with Crippen LogP contribution in [0.3, 0.4) is 0 Å². The van der Waals surface area contributed by atoms with Crippen LogP contribution in [0, 0.1) is 0 Å². The second-order valence-electron chi connectivity index (χ2n) is 5.35. The lowest BCUT2D eigenvalue weighted by molar-refractivity contribution is 0.0903. The number of Topliss-reactive ketones (excluding diaryl/α,β-unsaturated/α-hetero) is 1. The van der Waals surface area contributed by atoms with Gasteiger partial charge in [0.15, 0.2) is 5.78 Å². The standard InChI is InChI=1S/C18H19NO/c20-18(16-10-5-2-6-11-16)17(14-19-12-7-13-19)15-8-3-1-4-9-15/h1-6,8-11,17H,7,12-14H2/t17-/m1/s1. The van der Waals surface area contributed by atoms with Gasteiger partial charge in [-0.3, -0.25) is 4.79 Å². The molecule has 1 saturated heterocycles. The van der Waals surface area contributed by atoms with Crippen LogP contribution in [-0.4, -0.2) is 30.3 Å². The van der Waals surface area contributed by atoms with Crippen LogP contribution < -0.4 is 0 Å². The summed E-state index contributed by atoms with van der Waals surface area (Å²) >= 11 is 0. The van der Waals surface area contributed by atoms with Crippen LogP contribution in [0.25, 0.3) is 0 Å². The Morgan fingerprint density at radius 2 is 1.55 bits per heavy atom. The smallest absolute Gasteiger partial charge is 0.171 e. The summed E-state index contributed by atoms with van der Waals surface area (Å²) in [5, 5.41) is 0. The van der Waals surface area contributed by atoms with E-state index in [0.717, 1.165) is 30.8 Å². The summed E-state index contributed by atoms with van der Waals surface area (Å²) < 4.78 is 0. The zero-order valence-electron chi connectivity index (χ0n) is 11.5. The Balaban J connectivity index is 1.86. The minimum atomic E-state index is -0.0566. The molecule has 102 valence electrons. The highest BCUT2D eigenvalue weighted by molar-refractivity contribution is 6.01. The summed E-state index contributed by atoms with van der Waals surface area (Å²) in [4.78, 5) is 15.2. The molecular weight excluding hydrogens is 246 g/mol. The van der Waals surface area contributed by atoms with Crippen molar-refractivity contribution in [2.75, 3.05) is 19.6 Å². The van der Waals surface area contributed by atoms with Gasteiger partial charge in [-0.2, -0.15) is 0 Å². The highest BCUT2D eigenvalue weighted by Crippen LogP contribution is 2.24. The molecule has 2 heteroatoms. The summed E-state index contributed by atoms with van der Waals surface area (Å²) in [6, 6.07) is 19.8. The minimum Gasteiger partial charge on any atom is -0.302 e. The van der Waals surface area contributed by atoms with Gasteiger partial charge in [0.2, 0.25) is 0 Å². The second-order valence-corrected chi connectivity index (χ2v) is 5.35. The van der Waals surface area contributed by atoms with Gasteiger partial charge in [0.1, 0.15) is 0 Å². The Kier molecular flexibility index (Phi) is 3.93. The lowest BCUT2D eigenvalue weighted by atomic mass is 9.89. The minimum absolute atomic E-state index is 0.0566. The molecule has 0 spiro atoms. The first kappa shape index (κ1) is 13.1. The summed E-state index contributed by atoms with van der Waals surface area (Å²) in [5.74, 6) is 0.169. The molecule has 1 aliphatic heterocycles. The number of nitrogens with zero attached hydrogens (tertiary/aromatic N) is 1. The van der Waals surface area contributed by atoms with Crippen molar-refractivity contribution < 1.29 is 4.79 Å². The maximum atomic E-state index is 12.8. The SMILES string of the molecule is O=C(c1ccccc1)[C@H](CN1CCC1)c1ccccc1. The van der Waals surface area contributed by atoms with Gasteiger partial charge in [0, 0.05) is 12.1 Å². The number of benzene rings is 2. The van der Waals surface area contributed by atoms with Gasteiger partial charge in [0.25, 0.3) is 0 Å². The van der Waals surface area contributed by atoms with Crippen LogP contribution in [0.1, 0.15) is 28.3 Å². The van der Waals surface area contributed by atoms with Crippen LogP contribution in [0.2, 0.25) is 0 Å². The predicted molar refractivity (Wildman–Crippen MR) is 81.0 cm³/mol. The Morgan fingerprint density at radius 1 is 0.950 bits per heavy atom. The highest BCUT2D eigenvalue weighted by Gasteiger charge is 2.26. The Labute approximate surface area is 120 Å². The molecule has 2 nitrogen and oxygen atoms in total. The first-order valence-electron chi connectivity index (χ1n) is 7.21. The van der Waals surface area contributed by atoms with Gasteiger partial charge in [-0.15, -0.1) is 0 Å². The number of hydrogen-bond donors (Lipinski definition) is 0. The van der Waals surface area contributed by atoms with Crippen molar-refractivity contribution in [1.82, 2.24) is 4.90 Å². The molecule has 0 aliphatic carbocycles. The predicted octanol–water partition coefficient (Wildman–Crippen LogP) is 3.36. The van der Waals surface area contributed by atoms with Crippen molar-refractivity contribution >= 4 is 5.78 Å². The van der Waals surface area contributed by atoms with Crippen LogP contribution in [0.4, 0.5) is 0 Å². The average molecular weight is 265 g/mol. The van der Waals surface area contributed by atoms with E-state index in [9.17, 15) is 4.79 Å². The van der Waals surface area contributed by atoms with E-state index in [4.69, 9.17) is 0 Å². The van der Waals surface area contributed by atoms with E-state index in [1.165, 1.54) is 6.42 Å². The Bertz CT molecular complexity index is 560.